The molecule has 0 saturated carbocycles. The van der Waals surface area contributed by atoms with E-state index in [1.54, 1.807) is 12.1 Å². The standard InChI is InChI=1S/C24H23Cl2N3O3/c25-18-4-2-1-3-15(18)9-12-27-23(30)22-17-5-8-21(28-20(17)7-6-19(22)26)29-13-10-16(11-14-29)24(31)32/h1-8,16H,9-14H2,(H,27,30)(H,31,32). The molecule has 2 aromatic carbocycles. The van der Waals surface area contributed by atoms with Crippen molar-refractivity contribution in [1.29, 1.82) is 0 Å². The van der Waals surface area contributed by atoms with Crippen LogP contribution in [-0.2, 0) is 11.2 Å². The van der Waals surface area contributed by atoms with Crippen LogP contribution in [0.3, 0.4) is 0 Å². The first-order valence-corrected chi connectivity index (χ1v) is 11.3. The number of piperidine rings is 1. The lowest BCUT2D eigenvalue weighted by Gasteiger charge is -2.31. The highest BCUT2D eigenvalue weighted by Crippen LogP contribution is 2.29. The van der Waals surface area contributed by atoms with Gasteiger partial charge in [-0.05, 0) is 55.2 Å². The number of benzene rings is 2. The van der Waals surface area contributed by atoms with Crippen LogP contribution in [0.15, 0.2) is 48.5 Å². The fourth-order valence-corrected chi connectivity index (χ4v) is 4.51. The van der Waals surface area contributed by atoms with Gasteiger partial charge in [0.25, 0.3) is 5.91 Å². The van der Waals surface area contributed by atoms with Crippen molar-refractivity contribution in [2.75, 3.05) is 24.5 Å². The number of carboxylic acid groups (broad SMARTS) is 1. The summed E-state index contributed by atoms with van der Waals surface area (Å²) < 4.78 is 0. The molecule has 1 saturated heterocycles. The Morgan fingerprint density at radius 3 is 2.50 bits per heavy atom. The zero-order valence-corrected chi connectivity index (χ0v) is 18.9. The Morgan fingerprint density at radius 2 is 1.78 bits per heavy atom. The van der Waals surface area contributed by atoms with Crippen LogP contribution in [0.1, 0.15) is 28.8 Å². The van der Waals surface area contributed by atoms with Crippen LogP contribution >= 0.6 is 23.2 Å². The minimum absolute atomic E-state index is 0.260. The quantitative estimate of drug-likeness (QED) is 0.538. The van der Waals surface area contributed by atoms with E-state index in [9.17, 15) is 14.7 Å². The third-order valence-corrected chi connectivity index (χ3v) is 6.52. The van der Waals surface area contributed by atoms with Crippen molar-refractivity contribution in [2.45, 2.75) is 19.3 Å². The van der Waals surface area contributed by atoms with Gasteiger partial charge < -0.3 is 15.3 Å². The molecule has 1 amide bonds. The molecule has 1 aliphatic rings. The summed E-state index contributed by atoms with van der Waals surface area (Å²) >= 11 is 12.6. The number of rotatable bonds is 6. The minimum atomic E-state index is -0.740. The fourth-order valence-electron chi connectivity index (χ4n) is 4.03. The average molecular weight is 472 g/mol. The normalized spacial score (nSPS) is 14.5. The van der Waals surface area contributed by atoms with Gasteiger partial charge in [-0.15, -0.1) is 0 Å². The predicted octanol–water partition coefficient (Wildman–Crippen LogP) is 4.82. The van der Waals surface area contributed by atoms with E-state index in [0.29, 0.717) is 65.4 Å². The molecule has 0 unspecified atom stereocenters. The number of pyridine rings is 1. The Labute approximate surface area is 196 Å². The number of carbonyl (C=O) groups is 2. The molecule has 3 aromatic rings. The van der Waals surface area contributed by atoms with E-state index >= 15 is 0 Å². The van der Waals surface area contributed by atoms with Gasteiger partial charge in [-0.25, -0.2) is 4.98 Å². The van der Waals surface area contributed by atoms with Crippen molar-refractivity contribution in [2.24, 2.45) is 5.92 Å². The number of fused-ring (bicyclic) bond motifs is 1. The number of aromatic nitrogens is 1. The third kappa shape index (κ3) is 4.81. The SMILES string of the molecule is O=C(NCCc1ccccc1Cl)c1c(Cl)ccc2nc(N3CCC(C(=O)O)CC3)ccc12. The van der Waals surface area contributed by atoms with Crippen molar-refractivity contribution in [3.05, 3.63) is 69.7 Å². The maximum Gasteiger partial charge on any atom is 0.306 e. The number of carboxylic acids is 1. The number of hydrogen-bond donors (Lipinski definition) is 2. The predicted molar refractivity (Wildman–Crippen MR) is 127 cm³/mol. The molecule has 1 aromatic heterocycles. The van der Waals surface area contributed by atoms with E-state index in [-0.39, 0.29) is 11.8 Å². The third-order valence-electron chi connectivity index (χ3n) is 5.84. The summed E-state index contributed by atoms with van der Waals surface area (Å²) in [6.07, 6.45) is 1.80. The van der Waals surface area contributed by atoms with E-state index in [2.05, 4.69) is 10.2 Å². The van der Waals surface area contributed by atoms with Crippen molar-refractivity contribution < 1.29 is 14.7 Å². The highest BCUT2D eigenvalue weighted by molar-refractivity contribution is 6.35. The molecule has 0 atom stereocenters. The molecule has 0 radical (unpaired) electrons. The van der Waals surface area contributed by atoms with Gasteiger partial charge in [0.15, 0.2) is 0 Å². The molecular weight excluding hydrogens is 449 g/mol. The molecule has 6 nitrogen and oxygen atoms in total. The molecule has 0 aliphatic carbocycles. The lowest BCUT2D eigenvalue weighted by atomic mass is 9.97. The number of amides is 1. The summed E-state index contributed by atoms with van der Waals surface area (Å²) in [5.41, 5.74) is 2.03. The van der Waals surface area contributed by atoms with Crippen LogP contribution in [-0.4, -0.2) is 41.6 Å². The monoisotopic (exact) mass is 471 g/mol. The second-order valence-electron chi connectivity index (χ2n) is 7.86. The van der Waals surface area contributed by atoms with Gasteiger partial charge in [0, 0.05) is 30.0 Å². The number of hydrogen-bond acceptors (Lipinski definition) is 4. The van der Waals surface area contributed by atoms with Crippen molar-refractivity contribution in [3.63, 3.8) is 0 Å². The van der Waals surface area contributed by atoms with Gasteiger partial charge in [0.2, 0.25) is 0 Å². The maximum atomic E-state index is 12.9. The summed E-state index contributed by atoms with van der Waals surface area (Å²) in [5.74, 6) is -0.527. The average Bonchev–Trinajstić information content (AvgIpc) is 2.80. The van der Waals surface area contributed by atoms with Crippen LogP contribution in [0, 0.1) is 5.92 Å². The number of nitrogens with zero attached hydrogens (tertiary/aromatic N) is 2. The largest absolute Gasteiger partial charge is 0.481 e. The van der Waals surface area contributed by atoms with Crippen LogP contribution in [0.25, 0.3) is 10.9 Å². The van der Waals surface area contributed by atoms with Crippen LogP contribution in [0.5, 0.6) is 0 Å². The molecule has 2 heterocycles. The molecule has 0 bridgehead atoms. The smallest absolute Gasteiger partial charge is 0.306 e. The molecule has 8 heteroatoms. The van der Waals surface area contributed by atoms with Crippen molar-refractivity contribution in [3.8, 4) is 0 Å². The highest BCUT2D eigenvalue weighted by Gasteiger charge is 2.25. The Hall–Kier alpha value is -2.83. The van der Waals surface area contributed by atoms with Crippen molar-refractivity contribution >= 4 is 51.8 Å². The lowest BCUT2D eigenvalue weighted by molar-refractivity contribution is -0.142. The molecule has 1 aliphatic heterocycles. The van der Waals surface area contributed by atoms with Crippen molar-refractivity contribution in [1.82, 2.24) is 10.3 Å². The Morgan fingerprint density at radius 1 is 1.03 bits per heavy atom. The first-order valence-electron chi connectivity index (χ1n) is 10.5. The van der Waals surface area contributed by atoms with Gasteiger partial charge in [-0.3, -0.25) is 9.59 Å². The second kappa shape index (κ2) is 9.76. The van der Waals surface area contributed by atoms with Gasteiger partial charge in [-0.2, -0.15) is 0 Å². The van der Waals surface area contributed by atoms with Gasteiger partial charge >= 0.3 is 5.97 Å². The molecular formula is C24H23Cl2N3O3. The number of aliphatic carboxylic acids is 1. The minimum Gasteiger partial charge on any atom is -0.481 e. The zero-order chi connectivity index (χ0) is 22.7. The Balaban J connectivity index is 1.49. The van der Waals surface area contributed by atoms with Crippen LogP contribution in [0.4, 0.5) is 5.82 Å². The molecule has 0 spiro atoms. The molecule has 2 N–H and O–H groups in total. The van der Waals surface area contributed by atoms with E-state index < -0.39 is 5.97 Å². The summed E-state index contributed by atoms with van der Waals surface area (Å²) in [5, 5.41) is 13.8. The molecule has 4 rings (SSSR count). The number of anilines is 1. The molecule has 32 heavy (non-hydrogen) atoms. The topological polar surface area (TPSA) is 82.5 Å². The van der Waals surface area contributed by atoms with Crippen LogP contribution in [0.2, 0.25) is 10.0 Å². The Bertz CT molecular complexity index is 1160. The lowest BCUT2D eigenvalue weighted by Crippen LogP contribution is -2.36. The van der Waals surface area contributed by atoms with E-state index in [1.807, 2.05) is 36.4 Å². The van der Waals surface area contributed by atoms with E-state index in [0.717, 1.165) is 11.4 Å². The fraction of sp³-hybridized carbons (Fsp3) is 0.292. The highest BCUT2D eigenvalue weighted by atomic mass is 35.5. The Kier molecular flexibility index (Phi) is 6.82. The van der Waals surface area contributed by atoms with Crippen LogP contribution < -0.4 is 10.2 Å². The molecule has 1 fully saturated rings. The first kappa shape index (κ1) is 22.4. The van der Waals surface area contributed by atoms with E-state index in [1.165, 1.54) is 0 Å². The number of halogens is 2. The summed E-state index contributed by atoms with van der Waals surface area (Å²) in [7, 11) is 0. The van der Waals surface area contributed by atoms with Gasteiger partial charge in [0.1, 0.15) is 5.82 Å². The van der Waals surface area contributed by atoms with E-state index in [4.69, 9.17) is 28.2 Å². The van der Waals surface area contributed by atoms with Gasteiger partial charge in [-0.1, -0.05) is 41.4 Å². The number of carbonyl (C=O) groups excluding carboxylic acids is 1. The second-order valence-corrected chi connectivity index (χ2v) is 8.67. The summed E-state index contributed by atoms with van der Waals surface area (Å²) in [6.45, 7) is 1.70. The summed E-state index contributed by atoms with van der Waals surface area (Å²) in [6, 6.07) is 14.7. The first-order chi connectivity index (χ1) is 15.4. The van der Waals surface area contributed by atoms with Gasteiger partial charge in [0.05, 0.1) is 22.0 Å². The summed E-state index contributed by atoms with van der Waals surface area (Å²) in [4.78, 5) is 30.9. The zero-order valence-electron chi connectivity index (χ0n) is 17.4. The maximum absolute atomic E-state index is 12.9. The molecule has 166 valence electrons. The number of nitrogens with one attached hydrogen (secondary N) is 1.